The molecule has 0 nitrogen and oxygen atoms in total. The Hall–Kier alpha value is 0. The van der Waals surface area contributed by atoms with Gasteiger partial charge in [-0.05, 0) is 37.0 Å². The lowest BCUT2D eigenvalue weighted by Gasteiger charge is -2.14. The largest absolute Gasteiger partial charge is 0.0588 e. The number of hydrogen-bond donors (Lipinski definition) is 0. The van der Waals surface area contributed by atoms with Crippen molar-refractivity contribution in [3.63, 3.8) is 0 Å². The molecule has 0 N–H and O–H groups in total. The van der Waals surface area contributed by atoms with Crippen LogP contribution in [0.3, 0.4) is 0 Å². The summed E-state index contributed by atoms with van der Waals surface area (Å²) in [6, 6.07) is 0. The van der Waals surface area contributed by atoms with E-state index in [0.717, 1.165) is 11.8 Å². The second-order valence-corrected chi connectivity index (χ2v) is 3.43. The third-order valence-corrected chi connectivity index (χ3v) is 2.85. The van der Waals surface area contributed by atoms with Crippen molar-refractivity contribution in [1.29, 1.82) is 0 Å². The SMILES string of the molecule is C[C]1C[C@@H]2CC[C@H]1C2. The van der Waals surface area contributed by atoms with Crippen LogP contribution in [0, 0.1) is 17.8 Å². The van der Waals surface area contributed by atoms with E-state index in [1.807, 2.05) is 0 Å². The lowest BCUT2D eigenvalue weighted by Crippen LogP contribution is -2.02. The van der Waals surface area contributed by atoms with E-state index in [0.29, 0.717) is 0 Å². The molecule has 0 aliphatic heterocycles. The highest BCUT2D eigenvalue weighted by molar-refractivity contribution is 5.05. The molecule has 2 rings (SSSR count). The summed E-state index contributed by atoms with van der Waals surface area (Å²) in [5.41, 5.74) is 0. The molecular weight excluding hydrogens is 96.1 g/mol. The molecule has 0 aromatic rings. The molecule has 0 amide bonds. The van der Waals surface area contributed by atoms with Gasteiger partial charge in [-0.25, -0.2) is 0 Å². The van der Waals surface area contributed by atoms with Crippen LogP contribution in [0.2, 0.25) is 0 Å². The third-order valence-electron chi connectivity index (χ3n) is 2.85. The molecule has 2 aliphatic carbocycles. The van der Waals surface area contributed by atoms with Crippen LogP contribution < -0.4 is 0 Å². The van der Waals surface area contributed by atoms with Crippen LogP contribution in [-0.2, 0) is 0 Å². The molecule has 0 saturated heterocycles. The van der Waals surface area contributed by atoms with Crippen molar-refractivity contribution in [3.05, 3.63) is 5.92 Å². The summed E-state index contributed by atoms with van der Waals surface area (Å²) < 4.78 is 0. The van der Waals surface area contributed by atoms with Crippen molar-refractivity contribution < 1.29 is 0 Å². The Kier molecular flexibility index (Phi) is 0.902. The van der Waals surface area contributed by atoms with E-state index in [1.165, 1.54) is 25.7 Å². The maximum atomic E-state index is 2.34. The Balaban J connectivity index is 2.11. The smallest absolute Gasteiger partial charge is 0.0238 e. The first-order valence-corrected chi connectivity index (χ1v) is 3.68. The van der Waals surface area contributed by atoms with Gasteiger partial charge in [0.25, 0.3) is 0 Å². The maximum Gasteiger partial charge on any atom is -0.0238 e. The molecule has 0 heteroatoms. The van der Waals surface area contributed by atoms with Gasteiger partial charge in [-0.15, -0.1) is 0 Å². The number of hydrogen-bond acceptors (Lipinski definition) is 0. The fourth-order valence-electron chi connectivity index (χ4n) is 2.33. The van der Waals surface area contributed by atoms with Gasteiger partial charge in [0.1, 0.15) is 0 Å². The molecule has 0 aromatic heterocycles. The third kappa shape index (κ3) is 0.519. The van der Waals surface area contributed by atoms with Gasteiger partial charge in [0, 0.05) is 0 Å². The Labute approximate surface area is 51.3 Å². The van der Waals surface area contributed by atoms with Crippen molar-refractivity contribution in [1.82, 2.24) is 0 Å². The average Bonchev–Trinajstić information content (AvgIpc) is 2.23. The van der Waals surface area contributed by atoms with Crippen LogP contribution >= 0.6 is 0 Å². The number of fused-ring (bicyclic) bond motifs is 2. The van der Waals surface area contributed by atoms with Crippen LogP contribution in [-0.4, -0.2) is 0 Å². The van der Waals surface area contributed by atoms with Crippen molar-refractivity contribution in [2.24, 2.45) is 11.8 Å². The first-order valence-electron chi connectivity index (χ1n) is 3.68. The van der Waals surface area contributed by atoms with Crippen LogP contribution in [0.15, 0.2) is 0 Å². The van der Waals surface area contributed by atoms with E-state index < -0.39 is 0 Å². The summed E-state index contributed by atoms with van der Waals surface area (Å²) >= 11 is 0. The zero-order chi connectivity index (χ0) is 5.56. The minimum atomic E-state index is 1.06. The van der Waals surface area contributed by atoms with Crippen LogP contribution in [0.25, 0.3) is 0 Å². The van der Waals surface area contributed by atoms with Crippen LogP contribution in [0.1, 0.15) is 32.6 Å². The average molecular weight is 109 g/mol. The van der Waals surface area contributed by atoms with E-state index in [9.17, 15) is 0 Å². The highest BCUT2D eigenvalue weighted by Crippen LogP contribution is 2.48. The first kappa shape index (κ1) is 4.84. The minimum absolute atomic E-state index is 1.06. The van der Waals surface area contributed by atoms with Crippen molar-refractivity contribution in [2.45, 2.75) is 32.6 Å². The molecule has 2 aliphatic rings. The predicted molar refractivity (Wildman–Crippen MR) is 34.4 cm³/mol. The van der Waals surface area contributed by atoms with Gasteiger partial charge in [0.05, 0.1) is 0 Å². The summed E-state index contributed by atoms with van der Waals surface area (Å²) in [5.74, 6) is 3.96. The fraction of sp³-hybridized carbons (Fsp3) is 0.875. The zero-order valence-electron chi connectivity index (χ0n) is 5.48. The molecule has 2 atom stereocenters. The highest BCUT2D eigenvalue weighted by Gasteiger charge is 2.36. The zero-order valence-corrected chi connectivity index (χ0v) is 5.48. The normalized spacial score (nSPS) is 46.1. The predicted octanol–water partition coefficient (Wildman–Crippen LogP) is 2.40. The van der Waals surface area contributed by atoms with Gasteiger partial charge < -0.3 is 0 Å². The molecular formula is C8H13. The second kappa shape index (κ2) is 1.49. The molecule has 0 heterocycles. The van der Waals surface area contributed by atoms with Crippen LogP contribution in [0.5, 0.6) is 0 Å². The fourth-order valence-corrected chi connectivity index (χ4v) is 2.33. The molecule has 1 radical (unpaired) electrons. The molecule has 0 unspecified atom stereocenters. The highest BCUT2D eigenvalue weighted by atomic mass is 14.4. The monoisotopic (exact) mass is 109 g/mol. The van der Waals surface area contributed by atoms with Crippen LogP contribution in [0.4, 0.5) is 0 Å². The Bertz CT molecular complexity index is 94.2. The molecule has 8 heavy (non-hydrogen) atoms. The van der Waals surface area contributed by atoms with E-state index >= 15 is 0 Å². The summed E-state index contributed by atoms with van der Waals surface area (Å²) in [6.07, 6.45) is 6.04. The topological polar surface area (TPSA) is 0 Å². The molecule has 0 aromatic carbocycles. The van der Waals surface area contributed by atoms with Crippen molar-refractivity contribution >= 4 is 0 Å². The molecule has 0 spiro atoms. The first-order chi connectivity index (χ1) is 3.86. The Morgan fingerprint density at radius 2 is 2.25 bits per heavy atom. The lowest BCUT2D eigenvalue weighted by molar-refractivity contribution is 0.514. The van der Waals surface area contributed by atoms with Crippen molar-refractivity contribution in [2.75, 3.05) is 0 Å². The second-order valence-electron chi connectivity index (χ2n) is 3.43. The van der Waals surface area contributed by atoms with Gasteiger partial charge in [-0.3, -0.25) is 0 Å². The summed E-state index contributed by atoms with van der Waals surface area (Å²) in [7, 11) is 0. The summed E-state index contributed by atoms with van der Waals surface area (Å²) in [4.78, 5) is 0. The summed E-state index contributed by atoms with van der Waals surface area (Å²) in [6.45, 7) is 2.34. The van der Waals surface area contributed by atoms with E-state index in [1.54, 1.807) is 5.92 Å². The van der Waals surface area contributed by atoms with E-state index in [-0.39, 0.29) is 0 Å². The van der Waals surface area contributed by atoms with Gasteiger partial charge >= 0.3 is 0 Å². The summed E-state index contributed by atoms with van der Waals surface area (Å²) in [5, 5.41) is 0. The van der Waals surface area contributed by atoms with E-state index in [4.69, 9.17) is 0 Å². The van der Waals surface area contributed by atoms with Gasteiger partial charge in [-0.1, -0.05) is 13.3 Å². The maximum absolute atomic E-state index is 2.34. The minimum Gasteiger partial charge on any atom is -0.0588 e. The van der Waals surface area contributed by atoms with Crippen molar-refractivity contribution in [3.8, 4) is 0 Å². The van der Waals surface area contributed by atoms with Gasteiger partial charge in [-0.2, -0.15) is 0 Å². The Morgan fingerprint density at radius 1 is 1.38 bits per heavy atom. The van der Waals surface area contributed by atoms with Gasteiger partial charge in [0.2, 0.25) is 0 Å². The quantitative estimate of drug-likeness (QED) is 0.448. The Morgan fingerprint density at radius 3 is 2.50 bits per heavy atom. The standard InChI is InChI=1S/C8H13/c1-6-4-7-2-3-8(6)5-7/h7-8H,2-5H2,1H3/t7-,8-/m0/s1. The van der Waals surface area contributed by atoms with E-state index in [2.05, 4.69) is 6.92 Å². The molecule has 2 fully saturated rings. The molecule has 45 valence electrons. The molecule has 2 saturated carbocycles. The number of rotatable bonds is 0. The molecule has 2 bridgehead atoms. The lowest BCUT2D eigenvalue weighted by atomic mass is 9.91. The van der Waals surface area contributed by atoms with Gasteiger partial charge in [0.15, 0.2) is 0 Å².